The Hall–Kier alpha value is -0.900. The van der Waals surface area contributed by atoms with Gasteiger partial charge in [-0.3, -0.25) is 0 Å². The van der Waals surface area contributed by atoms with Gasteiger partial charge in [0.15, 0.2) is 0 Å². The monoisotopic (exact) mass is 327 g/mol. The van der Waals surface area contributed by atoms with Crippen LogP contribution in [0.3, 0.4) is 0 Å². The van der Waals surface area contributed by atoms with Gasteiger partial charge >= 0.3 is 0 Å². The highest BCUT2D eigenvalue weighted by atomic mass is 79.9. The third-order valence-corrected chi connectivity index (χ3v) is 3.34. The molecule has 0 aromatic heterocycles. The van der Waals surface area contributed by atoms with Crippen LogP contribution in [0.1, 0.15) is 11.1 Å². The van der Waals surface area contributed by atoms with Gasteiger partial charge in [-0.2, -0.15) is 0 Å². The van der Waals surface area contributed by atoms with E-state index >= 15 is 0 Å². The lowest BCUT2D eigenvalue weighted by molar-refractivity contribution is 0.588. The smallest absolute Gasteiger partial charge is 0.129 e. The SMILES string of the molecule is Fc1cc(Cl)ccc1CNCc1ccc(Br)cc1. The van der Waals surface area contributed by atoms with Crippen LogP contribution in [-0.4, -0.2) is 0 Å². The first-order chi connectivity index (χ1) is 8.65. The summed E-state index contributed by atoms with van der Waals surface area (Å²) in [4.78, 5) is 0. The maximum atomic E-state index is 13.5. The summed E-state index contributed by atoms with van der Waals surface area (Å²) in [5.74, 6) is -0.272. The van der Waals surface area contributed by atoms with Crippen LogP contribution in [0, 0.1) is 5.82 Å². The minimum atomic E-state index is -0.272. The van der Waals surface area contributed by atoms with E-state index in [0.717, 1.165) is 10.0 Å². The van der Waals surface area contributed by atoms with Gasteiger partial charge in [0.2, 0.25) is 0 Å². The second-order valence-electron chi connectivity index (χ2n) is 3.97. The molecular weight excluding hydrogens is 317 g/mol. The van der Waals surface area contributed by atoms with E-state index < -0.39 is 0 Å². The maximum absolute atomic E-state index is 13.5. The number of halogens is 3. The third-order valence-electron chi connectivity index (χ3n) is 2.57. The lowest BCUT2D eigenvalue weighted by Crippen LogP contribution is -2.13. The van der Waals surface area contributed by atoms with E-state index in [1.165, 1.54) is 6.07 Å². The van der Waals surface area contributed by atoms with Crippen molar-refractivity contribution in [2.75, 3.05) is 0 Å². The van der Waals surface area contributed by atoms with E-state index in [4.69, 9.17) is 11.6 Å². The van der Waals surface area contributed by atoms with Crippen molar-refractivity contribution >= 4 is 27.5 Å². The summed E-state index contributed by atoms with van der Waals surface area (Å²) in [6.07, 6.45) is 0. The molecule has 2 aromatic rings. The number of rotatable bonds is 4. The molecule has 0 aliphatic rings. The van der Waals surface area contributed by atoms with Gasteiger partial charge in [0.05, 0.1) is 0 Å². The fourth-order valence-electron chi connectivity index (χ4n) is 1.61. The number of hydrogen-bond acceptors (Lipinski definition) is 1. The molecule has 1 nitrogen and oxygen atoms in total. The molecule has 0 atom stereocenters. The van der Waals surface area contributed by atoms with Gasteiger partial charge in [-0.1, -0.05) is 45.7 Å². The molecule has 0 saturated carbocycles. The van der Waals surface area contributed by atoms with Crippen LogP contribution in [0.2, 0.25) is 5.02 Å². The minimum Gasteiger partial charge on any atom is -0.309 e. The third kappa shape index (κ3) is 3.80. The van der Waals surface area contributed by atoms with Gasteiger partial charge in [0, 0.05) is 28.1 Å². The van der Waals surface area contributed by atoms with Crippen molar-refractivity contribution in [3.05, 3.63) is 68.9 Å². The predicted octanol–water partition coefficient (Wildman–Crippen LogP) is 4.53. The largest absolute Gasteiger partial charge is 0.309 e. The Kier molecular flexibility index (Phi) is 4.75. The highest BCUT2D eigenvalue weighted by Crippen LogP contribution is 2.15. The van der Waals surface area contributed by atoms with Crippen LogP contribution in [0.25, 0.3) is 0 Å². The summed E-state index contributed by atoms with van der Waals surface area (Å²) in [6.45, 7) is 1.19. The molecule has 94 valence electrons. The zero-order chi connectivity index (χ0) is 13.0. The number of nitrogens with one attached hydrogen (secondary N) is 1. The second kappa shape index (κ2) is 6.32. The Bertz CT molecular complexity index is 528. The summed E-state index contributed by atoms with van der Waals surface area (Å²) in [5, 5.41) is 3.62. The van der Waals surface area contributed by atoms with Crippen molar-refractivity contribution in [1.29, 1.82) is 0 Å². The zero-order valence-corrected chi connectivity index (χ0v) is 11.9. The minimum absolute atomic E-state index is 0.272. The van der Waals surface area contributed by atoms with Crippen molar-refractivity contribution in [2.24, 2.45) is 0 Å². The molecule has 0 unspecified atom stereocenters. The molecule has 1 N–H and O–H groups in total. The Morgan fingerprint density at radius 1 is 1.06 bits per heavy atom. The maximum Gasteiger partial charge on any atom is 0.129 e. The second-order valence-corrected chi connectivity index (χ2v) is 5.32. The van der Waals surface area contributed by atoms with Crippen molar-refractivity contribution in [2.45, 2.75) is 13.1 Å². The van der Waals surface area contributed by atoms with Crippen molar-refractivity contribution < 1.29 is 4.39 Å². The normalized spacial score (nSPS) is 10.6. The van der Waals surface area contributed by atoms with Gasteiger partial charge in [0.25, 0.3) is 0 Å². The van der Waals surface area contributed by atoms with E-state index in [2.05, 4.69) is 21.2 Å². The highest BCUT2D eigenvalue weighted by molar-refractivity contribution is 9.10. The Morgan fingerprint density at radius 3 is 2.44 bits per heavy atom. The van der Waals surface area contributed by atoms with E-state index in [1.54, 1.807) is 12.1 Å². The van der Waals surface area contributed by atoms with Crippen LogP contribution in [0.5, 0.6) is 0 Å². The quantitative estimate of drug-likeness (QED) is 0.869. The molecule has 0 aliphatic carbocycles. The summed E-state index contributed by atoms with van der Waals surface area (Å²) in [7, 11) is 0. The fourth-order valence-corrected chi connectivity index (χ4v) is 2.03. The summed E-state index contributed by atoms with van der Waals surface area (Å²) in [5.41, 5.74) is 1.78. The van der Waals surface area contributed by atoms with Gasteiger partial charge in [-0.05, 0) is 29.8 Å². The topological polar surface area (TPSA) is 12.0 Å². The Labute approximate surface area is 119 Å². The first kappa shape index (κ1) is 13.5. The lowest BCUT2D eigenvalue weighted by Gasteiger charge is -2.06. The molecule has 2 rings (SSSR count). The van der Waals surface area contributed by atoms with Gasteiger partial charge < -0.3 is 5.32 Å². The van der Waals surface area contributed by atoms with Crippen LogP contribution < -0.4 is 5.32 Å². The molecule has 0 bridgehead atoms. The molecule has 18 heavy (non-hydrogen) atoms. The summed E-state index contributed by atoms with van der Waals surface area (Å²) in [6, 6.07) is 12.7. The molecule has 2 aromatic carbocycles. The van der Waals surface area contributed by atoms with Crippen molar-refractivity contribution in [3.63, 3.8) is 0 Å². The molecule has 0 amide bonds. The summed E-state index contributed by atoms with van der Waals surface area (Å²) >= 11 is 9.08. The summed E-state index contributed by atoms with van der Waals surface area (Å²) < 4.78 is 14.5. The fraction of sp³-hybridized carbons (Fsp3) is 0.143. The molecule has 0 saturated heterocycles. The molecule has 0 heterocycles. The molecular formula is C14H12BrClFN. The lowest BCUT2D eigenvalue weighted by atomic mass is 10.2. The van der Waals surface area contributed by atoms with Crippen LogP contribution in [0.4, 0.5) is 4.39 Å². The van der Waals surface area contributed by atoms with E-state index in [0.29, 0.717) is 23.7 Å². The molecule has 4 heteroatoms. The van der Waals surface area contributed by atoms with Crippen LogP contribution in [-0.2, 0) is 13.1 Å². The Morgan fingerprint density at radius 2 is 1.78 bits per heavy atom. The Balaban J connectivity index is 1.90. The predicted molar refractivity (Wildman–Crippen MR) is 76.1 cm³/mol. The average molecular weight is 329 g/mol. The number of hydrogen-bond donors (Lipinski definition) is 1. The van der Waals surface area contributed by atoms with E-state index in [1.807, 2.05) is 24.3 Å². The molecule has 0 spiro atoms. The van der Waals surface area contributed by atoms with Gasteiger partial charge in [0.1, 0.15) is 5.82 Å². The standard InChI is InChI=1S/C14H12BrClFN/c15-12-4-1-10(2-5-12)8-18-9-11-3-6-13(16)7-14(11)17/h1-7,18H,8-9H2. The first-order valence-corrected chi connectivity index (χ1v) is 6.71. The molecule has 0 aliphatic heterocycles. The zero-order valence-electron chi connectivity index (χ0n) is 9.59. The van der Waals surface area contributed by atoms with Crippen LogP contribution in [0.15, 0.2) is 46.9 Å². The van der Waals surface area contributed by atoms with Gasteiger partial charge in [-0.15, -0.1) is 0 Å². The van der Waals surface area contributed by atoms with E-state index in [-0.39, 0.29) is 5.82 Å². The van der Waals surface area contributed by atoms with Gasteiger partial charge in [-0.25, -0.2) is 4.39 Å². The molecule has 0 fully saturated rings. The first-order valence-electron chi connectivity index (χ1n) is 5.54. The van der Waals surface area contributed by atoms with Crippen LogP contribution >= 0.6 is 27.5 Å². The van der Waals surface area contributed by atoms with E-state index in [9.17, 15) is 4.39 Å². The van der Waals surface area contributed by atoms with Crippen molar-refractivity contribution in [1.82, 2.24) is 5.32 Å². The number of benzene rings is 2. The highest BCUT2D eigenvalue weighted by Gasteiger charge is 2.02. The molecule has 0 radical (unpaired) electrons. The average Bonchev–Trinajstić information content (AvgIpc) is 2.34. The van der Waals surface area contributed by atoms with Crippen molar-refractivity contribution in [3.8, 4) is 0 Å².